The van der Waals surface area contributed by atoms with Crippen LogP contribution in [0.1, 0.15) is 38.9 Å². The number of alkyl halides is 1. The molecule has 0 saturated carbocycles. The van der Waals surface area contributed by atoms with E-state index in [1.54, 1.807) is 7.11 Å². The highest BCUT2D eigenvalue weighted by Gasteiger charge is 2.10. The molecular formula is C16H23ClN2O. The zero-order valence-corrected chi connectivity index (χ0v) is 13.3. The Morgan fingerprint density at radius 3 is 2.75 bits per heavy atom. The van der Waals surface area contributed by atoms with Crippen molar-refractivity contribution in [3.05, 3.63) is 24.0 Å². The highest BCUT2D eigenvalue weighted by molar-refractivity contribution is 6.16. The fraction of sp³-hybridized carbons (Fsp3) is 0.562. The molecule has 0 unspecified atom stereocenters. The summed E-state index contributed by atoms with van der Waals surface area (Å²) in [5, 5.41) is 0. The minimum absolute atomic E-state index is 0.446. The number of hydrogen-bond acceptors (Lipinski definition) is 2. The molecule has 2 rings (SSSR count). The minimum Gasteiger partial charge on any atom is -0.497 e. The quantitative estimate of drug-likeness (QED) is 0.551. The first kappa shape index (κ1) is 15.2. The van der Waals surface area contributed by atoms with E-state index in [2.05, 4.69) is 23.4 Å². The van der Waals surface area contributed by atoms with E-state index in [4.69, 9.17) is 16.3 Å². The number of nitrogens with zero attached hydrogens (tertiary/aromatic N) is 2. The molecule has 0 amide bonds. The fourth-order valence-corrected chi connectivity index (χ4v) is 2.66. The molecule has 0 aliphatic rings. The molecule has 0 bridgehead atoms. The standard InChI is InChI=1S/C16H23ClN2O/c1-12(2)6-4-5-9-19-15-10-13(20-3)7-8-14(15)18-16(19)11-17/h7-8,10,12H,4-6,9,11H2,1-3H3. The zero-order chi connectivity index (χ0) is 14.5. The van der Waals surface area contributed by atoms with Crippen LogP contribution in [0.15, 0.2) is 18.2 Å². The highest BCUT2D eigenvalue weighted by atomic mass is 35.5. The number of aryl methyl sites for hydroxylation is 1. The van der Waals surface area contributed by atoms with Crippen molar-refractivity contribution in [3.8, 4) is 5.75 Å². The van der Waals surface area contributed by atoms with Gasteiger partial charge in [0.15, 0.2) is 0 Å². The molecule has 0 saturated heterocycles. The van der Waals surface area contributed by atoms with Crippen LogP contribution in [-0.2, 0) is 12.4 Å². The zero-order valence-electron chi connectivity index (χ0n) is 12.5. The molecule has 0 aliphatic heterocycles. The van der Waals surface area contributed by atoms with E-state index >= 15 is 0 Å². The van der Waals surface area contributed by atoms with E-state index in [0.717, 1.165) is 41.5 Å². The Morgan fingerprint density at radius 1 is 1.30 bits per heavy atom. The summed E-state index contributed by atoms with van der Waals surface area (Å²) in [4.78, 5) is 4.60. The molecule has 110 valence electrons. The molecule has 0 aliphatic carbocycles. The molecule has 0 atom stereocenters. The lowest BCUT2D eigenvalue weighted by Gasteiger charge is -2.09. The number of ether oxygens (including phenoxy) is 1. The molecule has 4 heteroatoms. The lowest BCUT2D eigenvalue weighted by atomic mass is 10.1. The van der Waals surface area contributed by atoms with Crippen molar-refractivity contribution >= 4 is 22.6 Å². The van der Waals surface area contributed by atoms with Gasteiger partial charge in [0.1, 0.15) is 11.6 Å². The molecule has 0 spiro atoms. The van der Waals surface area contributed by atoms with Crippen molar-refractivity contribution in [1.29, 1.82) is 0 Å². The van der Waals surface area contributed by atoms with Crippen LogP contribution in [0.4, 0.5) is 0 Å². The molecule has 2 aromatic rings. The van der Waals surface area contributed by atoms with Gasteiger partial charge >= 0.3 is 0 Å². The summed E-state index contributed by atoms with van der Waals surface area (Å²) in [7, 11) is 1.69. The second kappa shape index (κ2) is 6.98. The third kappa shape index (κ3) is 3.45. The maximum Gasteiger partial charge on any atom is 0.124 e. The summed E-state index contributed by atoms with van der Waals surface area (Å²) >= 11 is 6.03. The first-order chi connectivity index (χ1) is 9.65. The Kier molecular flexibility index (Phi) is 5.30. The van der Waals surface area contributed by atoms with Gasteiger partial charge in [-0.3, -0.25) is 0 Å². The molecule has 0 radical (unpaired) electrons. The summed E-state index contributed by atoms with van der Waals surface area (Å²) in [6, 6.07) is 5.98. The van der Waals surface area contributed by atoms with Gasteiger partial charge in [0.25, 0.3) is 0 Å². The summed E-state index contributed by atoms with van der Waals surface area (Å²) in [6.45, 7) is 5.50. The summed E-state index contributed by atoms with van der Waals surface area (Å²) in [5.41, 5.74) is 2.11. The van der Waals surface area contributed by atoms with Gasteiger partial charge in [0.05, 0.1) is 24.0 Å². The van der Waals surface area contributed by atoms with Crippen LogP contribution in [0.5, 0.6) is 5.75 Å². The lowest BCUT2D eigenvalue weighted by Crippen LogP contribution is -2.03. The van der Waals surface area contributed by atoms with Gasteiger partial charge in [0.2, 0.25) is 0 Å². The van der Waals surface area contributed by atoms with Gasteiger partial charge in [-0.25, -0.2) is 4.98 Å². The van der Waals surface area contributed by atoms with Crippen molar-refractivity contribution in [3.63, 3.8) is 0 Å². The Morgan fingerprint density at radius 2 is 2.10 bits per heavy atom. The van der Waals surface area contributed by atoms with Gasteiger partial charge in [-0.1, -0.05) is 26.7 Å². The van der Waals surface area contributed by atoms with Crippen LogP contribution in [0, 0.1) is 5.92 Å². The van der Waals surface area contributed by atoms with Crippen LogP contribution in [0.25, 0.3) is 11.0 Å². The predicted octanol–water partition coefficient (Wildman–Crippen LogP) is 4.61. The maximum absolute atomic E-state index is 6.03. The van der Waals surface area contributed by atoms with Gasteiger partial charge in [-0.15, -0.1) is 11.6 Å². The maximum atomic E-state index is 6.03. The number of aromatic nitrogens is 2. The molecule has 1 aromatic heterocycles. The molecule has 1 heterocycles. The van der Waals surface area contributed by atoms with E-state index in [0.29, 0.717) is 5.88 Å². The van der Waals surface area contributed by atoms with Crippen molar-refractivity contribution < 1.29 is 4.74 Å². The van der Waals surface area contributed by atoms with Gasteiger partial charge < -0.3 is 9.30 Å². The van der Waals surface area contributed by atoms with Crippen LogP contribution in [0.3, 0.4) is 0 Å². The molecule has 1 aromatic carbocycles. The van der Waals surface area contributed by atoms with Crippen molar-refractivity contribution in [2.45, 2.75) is 45.5 Å². The van der Waals surface area contributed by atoms with E-state index in [9.17, 15) is 0 Å². The second-order valence-electron chi connectivity index (χ2n) is 5.56. The number of benzene rings is 1. The van der Waals surface area contributed by atoms with Crippen LogP contribution >= 0.6 is 11.6 Å². The van der Waals surface area contributed by atoms with E-state index in [1.807, 2.05) is 18.2 Å². The van der Waals surface area contributed by atoms with Crippen molar-refractivity contribution in [1.82, 2.24) is 9.55 Å². The van der Waals surface area contributed by atoms with E-state index in [1.165, 1.54) is 12.8 Å². The highest BCUT2D eigenvalue weighted by Crippen LogP contribution is 2.23. The predicted molar refractivity (Wildman–Crippen MR) is 84.5 cm³/mol. The monoisotopic (exact) mass is 294 g/mol. The van der Waals surface area contributed by atoms with Gasteiger partial charge in [-0.2, -0.15) is 0 Å². The van der Waals surface area contributed by atoms with E-state index < -0.39 is 0 Å². The molecule has 0 fully saturated rings. The van der Waals surface area contributed by atoms with Crippen LogP contribution in [0.2, 0.25) is 0 Å². The average molecular weight is 295 g/mol. The minimum atomic E-state index is 0.446. The number of fused-ring (bicyclic) bond motifs is 1. The second-order valence-corrected chi connectivity index (χ2v) is 5.82. The first-order valence-electron chi connectivity index (χ1n) is 7.24. The SMILES string of the molecule is COc1ccc2nc(CCl)n(CCCCC(C)C)c2c1. The van der Waals surface area contributed by atoms with Gasteiger partial charge in [-0.05, 0) is 24.5 Å². The first-order valence-corrected chi connectivity index (χ1v) is 7.78. The topological polar surface area (TPSA) is 27.1 Å². The number of halogens is 1. The normalized spacial score (nSPS) is 11.4. The van der Waals surface area contributed by atoms with Crippen molar-refractivity contribution in [2.24, 2.45) is 5.92 Å². The Balaban J connectivity index is 2.20. The molecule has 20 heavy (non-hydrogen) atoms. The van der Waals surface area contributed by atoms with Crippen LogP contribution < -0.4 is 4.74 Å². The third-order valence-electron chi connectivity index (χ3n) is 3.57. The van der Waals surface area contributed by atoms with E-state index in [-0.39, 0.29) is 0 Å². The van der Waals surface area contributed by atoms with Crippen molar-refractivity contribution in [2.75, 3.05) is 7.11 Å². The Bertz CT molecular complexity index is 563. The van der Waals surface area contributed by atoms with Gasteiger partial charge in [0, 0.05) is 12.6 Å². The number of hydrogen-bond donors (Lipinski definition) is 0. The Labute approximate surface area is 125 Å². The molecule has 0 N–H and O–H groups in total. The number of imidazole rings is 1. The number of unbranched alkanes of at least 4 members (excludes halogenated alkanes) is 1. The third-order valence-corrected chi connectivity index (χ3v) is 3.81. The smallest absolute Gasteiger partial charge is 0.124 e. The molecule has 3 nitrogen and oxygen atoms in total. The summed E-state index contributed by atoms with van der Waals surface area (Å²) in [6.07, 6.45) is 3.67. The summed E-state index contributed by atoms with van der Waals surface area (Å²) in [5.74, 6) is 3.02. The number of methoxy groups -OCH3 is 1. The Hall–Kier alpha value is -1.22. The lowest BCUT2D eigenvalue weighted by molar-refractivity contribution is 0.415. The molecular weight excluding hydrogens is 272 g/mol. The largest absolute Gasteiger partial charge is 0.497 e. The summed E-state index contributed by atoms with van der Waals surface area (Å²) < 4.78 is 7.53. The number of rotatable bonds is 7. The van der Waals surface area contributed by atoms with Crippen LogP contribution in [-0.4, -0.2) is 16.7 Å². The average Bonchev–Trinajstić information content (AvgIpc) is 2.80. The fourth-order valence-electron chi connectivity index (χ4n) is 2.45.